The molecule has 4 rings (SSSR count). The van der Waals surface area contributed by atoms with Gasteiger partial charge in [0.05, 0.1) is 16.6 Å². The van der Waals surface area contributed by atoms with Crippen LogP contribution < -0.4 is 16.5 Å². The lowest BCUT2D eigenvalue weighted by molar-refractivity contribution is 0.263. The number of nitrogens with two attached hydrogens (primary N) is 1. The van der Waals surface area contributed by atoms with Gasteiger partial charge in [0.2, 0.25) is 5.43 Å². The first-order valence-electron chi connectivity index (χ1n) is 9.57. The number of piperidine rings is 1. The minimum absolute atomic E-state index is 0.00155. The lowest BCUT2D eigenvalue weighted by Gasteiger charge is -2.30. The van der Waals surface area contributed by atoms with Crippen LogP contribution in [0.4, 0.5) is 20.2 Å². The maximum absolute atomic E-state index is 15.6. The summed E-state index contributed by atoms with van der Waals surface area (Å²) in [4.78, 5) is 15.0. The monoisotopic (exact) mass is 387 g/mol. The van der Waals surface area contributed by atoms with Gasteiger partial charge >= 0.3 is 0 Å². The van der Waals surface area contributed by atoms with Crippen molar-refractivity contribution in [1.29, 1.82) is 5.26 Å². The van der Waals surface area contributed by atoms with Crippen LogP contribution in [0.5, 0.6) is 0 Å². The topological polar surface area (TPSA) is 87.1 Å². The molecule has 2 aliphatic rings. The van der Waals surface area contributed by atoms with Gasteiger partial charge in [0.15, 0.2) is 11.6 Å². The predicted octanol–water partition coefficient (Wildman–Crippen LogP) is 2.75. The van der Waals surface area contributed by atoms with Gasteiger partial charge in [-0.15, -0.1) is 0 Å². The van der Waals surface area contributed by atoms with Crippen molar-refractivity contribution < 1.29 is 8.78 Å². The second kappa shape index (κ2) is 6.74. The molecule has 148 valence electrons. The Balaban J connectivity index is 1.96. The zero-order valence-electron chi connectivity index (χ0n) is 16.0. The zero-order chi connectivity index (χ0) is 20.2. The van der Waals surface area contributed by atoms with Crippen LogP contribution in [0, 0.1) is 23.0 Å². The number of anilines is 2. The Morgan fingerprint density at radius 1 is 1.21 bits per heavy atom. The molecule has 2 aliphatic heterocycles. The van der Waals surface area contributed by atoms with E-state index in [0.29, 0.717) is 18.5 Å². The summed E-state index contributed by atoms with van der Waals surface area (Å²) in [6.07, 6.45) is 2.70. The van der Waals surface area contributed by atoms with Crippen molar-refractivity contribution in [1.82, 2.24) is 9.47 Å². The highest BCUT2D eigenvalue weighted by Gasteiger charge is 2.32. The smallest absolute Gasteiger partial charge is 0.209 e. The molecule has 1 atom stereocenters. The van der Waals surface area contributed by atoms with Gasteiger partial charge < -0.3 is 20.5 Å². The number of nitrogens with one attached hydrogen (secondary N) is 1. The highest BCUT2D eigenvalue weighted by atomic mass is 19.1. The van der Waals surface area contributed by atoms with Crippen molar-refractivity contribution in [3.05, 3.63) is 33.1 Å². The van der Waals surface area contributed by atoms with Crippen LogP contribution in [0.15, 0.2) is 4.79 Å². The van der Waals surface area contributed by atoms with Crippen molar-refractivity contribution in [2.24, 2.45) is 0 Å². The molecule has 28 heavy (non-hydrogen) atoms. The lowest BCUT2D eigenvalue weighted by Crippen LogP contribution is -2.37. The van der Waals surface area contributed by atoms with Gasteiger partial charge in [-0.05, 0) is 52.7 Å². The van der Waals surface area contributed by atoms with Gasteiger partial charge in [0, 0.05) is 17.8 Å². The summed E-state index contributed by atoms with van der Waals surface area (Å²) >= 11 is 0. The van der Waals surface area contributed by atoms with E-state index < -0.39 is 22.8 Å². The number of rotatable bonds is 2. The molecule has 0 amide bonds. The first kappa shape index (κ1) is 18.7. The highest BCUT2D eigenvalue weighted by Crippen LogP contribution is 2.38. The summed E-state index contributed by atoms with van der Waals surface area (Å²) in [6, 6.07) is 1.72. The van der Waals surface area contributed by atoms with Crippen LogP contribution in [0.25, 0.3) is 10.9 Å². The fraction of sp³-hybridized carbons (Fsp3) is 0.500. The van der Waals surface area contributed by atoms with E-state index in [0.717, 1.165) is 25.9 Å². The third-order valence-electron chi connectivity index (χ3n) is 6.08. The Morgan fingerprint density at radius 2 is 1.89 bits per heavy atom. The van der Waals surface area contributed by atoms with E-state index in [1.165, 1.54) is 0 Å². The summed E-state index contributed by atoms with van der Waals surface area (Å²) < 4.78 is 32.2. The lowest BCUT2D eigenvalue weighted by atomic mass is 10.0. The number of hydrogen-bond donors (Lipinski definition) is 2. The molecule has 1 fully saturated rings. The number of nitrogens with zero attached hydrogens (tertiary/aromatic N) is 3. The molecule has 3 heterocycles. The van der Waals surface area contributed by atoms with Crippen LogP contribution >= 0.6 is 0 Å². The molecule has 1 saturated heterocycles. The van der Waals surface area contributed by atoms with Crippen molar-refractivity contribution in [3.63, 3.8) is 0 Å². The fourth-order valence-corrected chi connectivity index (χ4v) is 4.47. The maximum Gasteiger partial charge on any atom is 0.209 e. The van der Waals surface area contributed by atoms with E-state index >= 15 is 8.78 Å². The molecule has 0 saturated carbocycles. The summed E-state index contributed by atoms with van der Waals surface area (Å²) in [5, 5.41) is 12.2. The van der Waals surface area contributed by atoms with Gasteiger partial charge in [0.25, 0.3) is 0 Å². The van der Waals surface area contributed by atoms with Crippen molar-refractivity contribution in [3.8, 4) is 6.07 Å². The molecule has 0 aliphatic carbocycles. The number of likely N-dealkylation sites (tertiary alicyclic amines) is 1. The fourth-order valence-electron chi connectivity index (χ4n) is 4.47. The van der Waals surface area contributed by atoms with Crippen LogP contribution in [0.3, 0.4) is 0 Å². The van der Waals surface area contributed by atoms with E-state index in [9.17, 15) is 10.1 Å². The maximum atomic E-state index is 15.6. The van der Waals surface area contributed by atoms with Crippen LogP contribution in [0.2, 0.25) is 0 Å². The molecule has 1 aromatic carbocycles. The van der Waals surface area contributed by atoms with E-state index in [4.69, 9.17) is 5.73 Å². The van der Waals surface area contributed by atoms with Crippen molar-refractivity contribution in [2.75, 3.05) is 31.2 Å². The molecule has 1 unspecified atom stereocenters. The SMILES string of the molecule is CC1CCc2c(C#N)c(=O)c3c(N)c(F)c(NC4CCN(C)CC4)c(F)c3n21. The predicted molar refractivity (Wildman–Crippen MR) is 104 cm³/mol. The average molecular weight is 387 g/mol. The Labute approximate surface area is 161 Å². The van der Waals surface area contributed by atoms with Crippen molar-refractivity contribution >= 4 is 22.3 Å². The van der Waals surface area contributed by atoms with E-state index in [1.54, 1.807) is 4.57 Å². The third-order valence-corrected chi connectivity index (χ3v) is 6.08. The molecule has 0 radical (unpaired) electrons. The standard InChI is InChI=1S/C20H23F2N5O/c1-10-3-4-13-12(9-23)20(28)14-17(24)15(21)18(16(22)19(14)27(10)13)25-11-5-7-26(2)8-6-11/h10-11,25H,3-8,24H2,1-2H3. The minimum Gasteiger partial charge on any atom is -0.396 e. The third kappa shape index (κ3) is 2.65. The van der Waals surface area contributed by atoms with Crippen LogP contribution in [-0.2, 0) is 6.42 Å². The Kier molecular flexibility index (Phi) is 4.50. The summed E-state index contributed by atoms with van der Waals surface area (Å²) in [5.74, 6) is -1.77. The van der Waals surface area contributed by atoms with E-state index in [2.05, 4.69) is 10.2 Å². The second-order valence-corrected chi connectivity index (χ2v) is 7.88. The van der Waals surface area contributed by atoms with Gasteiger partial charge in [-0.25, -0.2) is 8.78 Å². The highest BCUT2D eigenvalue weighted by molar-refractivity contribution is 5.96. The minimum atomic E-state index is -0.962. The average Bonchev–Trinajstić information content (AvgIpc) is 3.05. The molecule has 0 spiro atoms. The van der Waals surface area contributed by atoms with Gasteiger partial charge in [0.1, 0.15) is 17.3 Å². The number of pyridine rings is 1. The van der Waals surface area contributed by atoms with E-state index in [-0.39, 0.29) is 34.2 Å². The van der Waals surface area contributed by atoms with Crippen LogP contribution in [0.1, 0.15) is 43.5 Å². The Hall–Kier alpha value is -2.66. The quantitative estimate of drug-likeness (QED) is 0.774. The molecule has 2 aromatic rings. The molecule has 3 N–H and O–H groups in total. The number of benzene rings is 1. The Bertz CT molecular complexity index is 1060. The Morgan fingerprint density at radius 3 is 2.54 bits per heavy atom. The number of halogens is 2. The number of hydrogen-bond acceptors (Lipinski definition) is 5. The van der Waals surface area contributed by atoms with Crippen molar-refractivity contribution in [2.45, 2.75) is 44.7 Å². The number of nitrogen functional groups attached to an aromatic ring is 1. The van der Waals surface area contributed by atoms with E-state index in [1.807, 2.05) is 20.0 Å². The first-order chi connectivity index (χ1) is 13.3. The number of fused-ring (bicyclic) bond motifs is 3. The molecule has 8 heteroatoms. The molecule has 1 aromatic heterocycles. The molecule has 6 nitrogen and oxygen atoms in total. The summed E-state index contributed by atoms with van der Waals surface area (Å²) in [6.45, 7) is 3.56. The summed E-state index contributed by atoms with van der Waals surface area (Å²) in [5.41, 5.74) is 5.02. The second-order valence-electron chi connectivity index (χ2n) is 7.88. The van der Waals surface area contributed by atoms with Gasteiger partial charge in [-0.2, -0.15) is 5.26 Å². The summed E-state index contributed by atoms with van der Waals surface area (Å²) in [7, 11) is 2.01. The number of nitriles is 1. The van der Waals surface area contributed by atoms with Gasteiger partial charge in [-0.1, -0.05) is 0 Å². The normalized spacial score (nSPS) is 20.3. The molecule has 0 bridgehead atoms. The number of aromatic nitrogens is 1. The molecular formula is C20H23F2N5O. The molecular weight excluding hydrogens is 364 g/mol. The largest absolute Gasteiger partial charge is 0.396 e. The first-order valence-corrected chi connectivity index (χ1v) is 9.57. The van der Waals surface area contributed by atoms with Crippen LogP contribution in [-0.4, -0.2) is 35.6 Å². The van der Waals surface area contributed by atoms with Gasteiger partial charge in [-0.3, -0.25) is 4.79 Å². The zero-order valence-corrected chi connectivity index (χ0v) is 16.0.